The number of carbonyl (C=O) groups excluding carboxylic acids is 1. The van der Waals surface area contributed by atoms with Gasteiger partial charge in [-0.2, -0.15) is 4.98 Å². The molecule has 0 bridgehead atoms. The molecule has 0 saturated carbocycles. The van der Waals surface area contributed by atoms with Gasteiger partial charge in [0.25, 0.3) is 0 Å². The van der Waals surface area contributed by atoms with E-state index in [1.807, 2.05) is 18.7 Å². The van der Waals surface area contributed by atoms with Crippen LogP contribution >= 0.6 is 0 Å². The molecule has 0 aliphatic carbocycles. The van der Waals surface area contributed by atoms with Crippen LogP contribution in [0.1, 0.15) is 57.0 Å². The molecule has 1 N–H and O–H groups in total. The van der Waals surface area contributed by atoms with Crippen LogP contribution in [0.4, 0.5) is 0 Å². The minimum atomic E-state index is -0.320. The van der Waals surface area contributed by atoms with E-state index < -0.39 is 0 Å². The van der Waals surface area contributed by atoms with Crippen molar-refractivity contribution in [2.45, 2.75) is 60.3 Å². The first kappa shape index (κ1) is 17.7. The van der Waals surface area contributed by atoms with Crippen molar-refractivity contribution in [2.24, 2.45) is 11.3 Å². The van der Waals surface area contributed by atoms with Crippen molar-refractivity contribution in [2.75, 3.05) is 13.1 Å². The lowest BCUT2D eigenvalue weighted by Gasteiger charge is -2.38. The predicted octanol–water partition coefficient (Wildman–Crippen LogP) is 2.60. The van der Waals surface area contributed by atoms with Gasteiger partial charge in [0.1, 0.15) is 0 Å². The monoisotopic (exact) mass is 319 g/mol. The van der Waals surface area contributed by atoms with Crippen molar-refractivity contribution in [1.29, 1.82) is 0 Å². The van der Waals surface area contributed by atoms with Crippen molar-refractivity contribution in [3.63, 3.8) is 0 Å². The van der Waals surface area contributed by atoms with E-state index in [4.69, 9.17) is 0 Å². The van der Waals surface area contributed by atoms with Crippen molar-refractivity contribution in [3.8, 4) is 0 Å². The lowest BCUT2D eigenvalue weighted by atomic mass is 9.75. The molecule has 1 aliphatic heterocycles. The number of hydrogen-bond acceptors (Lipinski definition) is 3. The molecular formula is C18H29N3O2. The van der Waals surface area contributed by atoms with Crippen LogP contribution in [0.3, 0.4) is 0 Å². The van der Waals surface area contributed by atoms with Crippen molar-refractivity contribution >= 4 is 5.91 Å². The van der Waals surface area contributed by atoms with Crippen LogP contribution in [-0.2, 0) is 11.2 Å². The number of aromatic nitrogens is 2. The van der Waals surface area contributed by atoms with Crippen LogP contribution < -0.4 is 5.69 Å². The Morgan fingerprint density at radius 3 is 2.39 bits per heavy atom. The third-order valence-corrected chi connectivity index (χ3v) is 5.11. The molecule has 0 radical (unpaired) electrons. The molecule has 1 aromatic rings. The second kappa shape index (κ2) is 6.85. The molecule has 2 heterocycles. The van der Waals surface area contributed by atoms with Gasteiger partial charge in [-0.3, -0.25) is 4.79 Å². The molecule has 1 amide bonds. The summed E-state index contributed by atoms with van der Waals surface area (Å²) < 4.78 is 0. The third kappa shape index (κ3) is 4.43. The second-order valence-corrected chi connectivity index (χ2v) is 7.75. The summed E-state index contributed by atoms with van der Waals surface area (Å²) in [4.78, 5) is 32.4. The first-order valence-electron chi connectivity index (χ1n) is 8.52. The van der Waals surface area contributed by atoms with Gasteiger partial charge in [0.05, 0.1) is 0 Å². The molecule has 5 nitrogen and oxygen atoms in total. The normalized spacial score (nSPS) is 16.7. The number of nitrogens with zero attached hydrogens (tertiary/aromatic N) is 2. The zero-order chi connectivity index (χ0) is 17.2. The van der Waals surface area contributed by atoms with E-state index in [1.165, 1.54) is 0 Å². The summed E-state index contributed by atoms with van der Waals surface area (Å²) in [6.07, 6.45) is 3.30. The maximum absolute atomic E-state index is 12.5. The van der Waals surface area contributed by atoms with Crippen molar-refractivity contribution in [1.82, 2.24) is 14.9 Å². The Kier molecular flexibility index (Phi) is 5.27. The molecule has 5 heteroatoms. The number of aryl methyl sites for hydroxylation is 2. The molecule has 0 spiro atoms. The Morgan fingerprint density at radius 2 is 1.87 bits per heavy atom. The topological polar surface area (TPSA) is 66.1 Å². The molecule has 23 heavy (non-hydrogen) atoms. The minimum absolute atomic E-state index is 0.211. The highest BCUT2D eigenvalue weighted by atomic mass is 16.2. The molecule has 0 atom stereocenters. The fraction of sp³-hybridized carbons (Fsp3) is 0.722. The summed E-state index contributed by atoms with van der Waals surface area (Å²) in [6, 6.07) is 0. The first-order valence-corrected chi connectivity index (χ1v) is 8.52. The summed E-state index contributed by atoms with van der Waals surface area (Å²) in [5.74, 6) is 0.904. The molecule has 128 valence electrons. The Balaban J connectivity index is 1.91. The molecule has 2 rings (SSSR count). The summed E-state index contributed by atoms with van der Waals surface area (Å²) in [6.45, 7) is 12.3. The highest BCUT2D eigenvalue weighted by Crippen LogP contribution is 2.34. The fourth-order valence-corrected chi connectivity index (χ4v) is 3.51. The largest absolute Gasteiger partial charge is 0.345 e. The zero-order valence-corrected chi connectivity index (χ0v) is 15.0. The number of piperidine rings is 1. The van der Waals surface area contributed by atoms with Gasteiger partial charge in [0.2, 0.25) is 5.91 Å². The number of H-pyrrole nitrogens is 1. The van der Waals surface area contributed by atoms with Gasteiger partial charge in [0.15, 0.2) is 0 Å². The SMILES string of the molecule is Cc1nc(=O)[nH]c(C)c1CCC(=O)N1CCC(C(C)(C)C)CC1. The average molecular weight is 319 g/mol. The maximum atomic E-state index is 12.5. The molecule has 0 aromatic carbocycles. The van der Waals surface area contributed by atoms with Gasteiger partial charge >= 0.3 is 5.69 Å². The molecular weight excluding hydrogens is 290 g/mol. The summed E-state index contributed by atoms with van der Waals surface area (Å²) in [5, 5.41) is 0. The number of hydrogen-bond donors (Lipinski definition) is 1. The van der Waals surface area contributed by atoms with Crippen LogP contribution in [0.15, 0.2) is 4.79 Å². The van der Waals surface area contributed by atoms with Gasteiger partial charge in [-0.15, -0.1) is 0 Å². The number of carbonyl (C=O) groups is 1. The van der Waals surface area contributed by atoms with Crippen LogP contribution in [-0.4, -0.2) is 33.9 Å². The third-order valence-electron chi connectivity index (χ3n) is 5.11. The number of aromatic amines is 1. The van der Waals surface area contributed by atoms with Crippen LogP contribution in [0, 0.1) is 25.2 Å². The molecule has 1 aliphatic rings. The van der Waals surface area contributed by atoms with E-state index in [0.29, 0.717) is 24.2 Å². The van der Waals surface area contributed by atoms with E-state index in [-0.39, 0.29) is 11.6 Å². The lowest BCUT2D eigenvalue weighted by molar-refractivity contribution is -0.133. The number of nitrogens with one attached hydrogen (secondary N) is 1. The fourth-order valence-electron chi connectivity index (χ4n) is 3.51. The quantitative estimate of drug-likeness (QED) is 0.931. The summed E-state index contributed by atoms with van der Waals surface area (Å²) in [7, 11) is 0. The second-order valence-electron chi connectivity index (χ2n) is 7.75. The Hall–Kier alpha value is -1.65. The van der Waals surface area contributed by atoms with Crippen LogP contribution in [0.25, 0.3) is 0 Å². The Labute approximate surface area is 138 Å². The zero-order valence-electron chi connectivity index (χ0n) is 15.0. The highest BCUT2D eigenvalue weighted by Gasteiger charge is 2.30. The van der Waals surface area contributed by atoms with E-state index in [9.17, 15) is 9.59 Å². The maximum Gasteiger partial charge on any atom is 0.345 e. The number of rotatable bonds is 3. The van der Waals surface area contributed by atoms with E-state index in [1.54, 1.807) is 0 Å². The van der Waals surface area contributed by atoms with Crippen LogP contribution in [0.2, 0.25) is 0 Å². The standard InChI is InChI=1S/C18H29N3O2/c1-12-15(13(2)20-17(23)19-12)6-7-16(22)21-10-8-14(9-11-21)18(3,4)5/h14H,6-11H2,1-5H3,(H,19,20,23). The van der Waals surface area contributed by atoms with Crippen LogP contribution in [0.5, 0.6) is 0 Å². The molecule has 1 saturated heterocycles. The number of likely N-dealkylation sites (tertiary alicyclic amines) is 1. The molecule has 0 unspecified atom stereocenters. The Morgan fingerprint density at radius 1 is 1.26 bits per heavy atom. The van der Waals surface area contributed by atoms with Gasteiger partial charge in [0, 0.05) is 30.9 Å². The summed E-state index contributed by atoms with van der Waals surface area (Å²) >= 11 is 0. The van der Waals surface area contributed by atoms with E-state index in [2.05, 4.69) is 30.7 Å². The Bertz CT molecular complexity index is 594. The van der Waals surface area contributed by atoms with E-state index in [0.717, 1.165) is 42.9 Å². The predicted molar refractivity (Wildman–Crippen MR) is 91.4 cm³/mol. The first-order chi connectivity index (χ1) is 10.7. The van der Waals surface area contributed by atoms with Crippen molar-refractivity contribution < 1.29 is 4.79 Å². The average Bonchev–Trinajstić information content (AvgIpc) is 2.45. The molecule has 1 fully saturated rings. The lowest BCUT2D eigenvalue weighted by Crippen LogP contribution is -2.41. The van der Waals surface area contributed by atoms with Gasteiger partial charge in [-0.1, -0.05) is 20.8 Å². The van der Waals surface area contributed by atoms with E-state index >= 15 is 0 Å². The molecule has 1 aromatic heterocycles. The van der Waals surface area contributed by atoms with Gasteiger partial charge in [-0.05, 0) is 50.0 Å². The smallest absolute Gasteiger partial charge is 0.343 e. The number of amides is 1. The summed E-state index contributed by atoms with van der Waals surface area (Å²) in [5.41, 5.74) is 2.54. The van der Waals surface area contributed by atoms with Crippen molar-refractivity contribution in [3.05, 3.63) is 27.4 Å². The van der Waals surface area contributed by atoms with Gasteiger partial charge < -0.3 is 9.88 Å². The highest BCUT2D eigenvalue weighted by molar-refractivity contribution is 5.76. The minimum Gasteiger partial charge on any atom is -0.343 e. The van der Waals surface area contributed by atoms with Gasteiger partial charge in [-0.25, -0.2) is 4.79 Å².